The Balaban J connectivity index is 1.73. The summed E-state index contributed by atoms with van der Waals surface area (Å²) in [5, 5.41) is 0. The molecule has 2 N–H and O–H groups in total. The number of amides is 1. The van der Waals surface area contributed by atoms with Crippen molar-refractivity contribution in [1.82, 2.24) is 4.90 Å². The molecule has 1 aromatic rings. The van der Waals surface area contributed by atoms with Crippen molar-refractivity contribution in [2.45, 2.75) is 65.0 Å². The van der Waals surface area contributed by atoms with E-state index >= 15 is 0 Å². The largest absolute Gasteiger partial charge is 0.339 e. The molecule has 3 nitrogen and oxygen atoms in total. The third-order valence-corrected chi connectivity index (χ3v) is 6.58. The summed E-state index contributed by atoms with van der Waals surface area (Å²) in [4.78, 5) is 15.1. The topological polar surface area (TPSA) is 46.3 Å². The van der Waals surface area contributed by atoms with E-state index in [4.69, 9.17) is 5.73 Å². The maximum atomic E-state index is 13.1. The van der Waals surface area contributed by atoms with Gasteiger partial charge in [-0.2, -0.15) is 0 Å². The van der Waals surface area contributed by atoms with Gasteiger partial charge in [0.05, 0.1) is 6.04 Å². The predicted molar refractivity (Wildman–Crippen MR) is 98.6 cm³/mol. The van der Waals surface area contributed by atoms with Crippen molar-refractivity contribution in [2.75, 3.05) is 7.05 Å². The van der Waals surface area contributed by atoms with E-state index in [-0.39, 0.29) is 12.0 Å². The quantitative estimate of drug-likeness (QED) is 0.912. The molecule has 0 aliphatic heterocycles. The molecular weight excluding hydrogens is 296 g/mol. The highest BCUT2D eigenvalue weighted by Crippen LogP contribution is 2.43. The maximum Gasteiger partial charge on any atom is 0.225 e. The van der Waals surface area contributed by atoms with E-state index in [2.05, 4.69) is 39.0 Å². The van der Waals surface area contributed by atoms with Crippen molar-refractivity contribution in [3.63, 3.8) is 0 Å². The predicted octanol–water partition coefficient (Wildman–Crippen LogP) is 3.98. The van der Waals surface area contributed by atoms with Gasteiger partial charge in [0.1, 0.15) is 0 Å². The second-order valence-corrected chi connectivity index (χ2v) is 8.18. The molecule has 1 amide bonds. The third-order valence-electron chi connectivity index (χ3n) is 6.58. The van der Waals surface area contributed by atoms with Crippen LogP contribution < -0.4 is 5.73 Å². The lowest BCUT2D eigenvalue weighted by Gasteiger charge is -2.44. The first-order valence-electron chi connectivity index (χ1n) is 9.48. The second-order valence-electron chi connectivity index (χ2n) is 8.18. The Morgan fingerprint density at radius 2 is 1.83 bits per heavy atom. The van der Waals surface area contributed by atoms with Gasteiger partial charge in [-0.3, -0.25) is 4.79 Å². The number of carbonyl (C=O) groups is 1. The van der Waals surface area contributed by atoms with Crippen LogP contribution in [0.1, 0.15) is 61.8 Å². The Kier molecular flexibility index (Phi) is 5.00. The molecule has 0 aromatic heterocycles. The number of fused-ring (bicyclic) bond motifs is 2. The summed E-state index contributed by atoms with van der Waals surface area (Å²) in [6, 6.07) is 6.95. The summed E-state index contributed by atoms with van der Waals surface area (Å²) < 4.78 is 0. The van der Waals surface area contributed by atoms with Crippen LogP contribution in [-0.4, -0.2) is 23.9 Å². The molecule has 3 unspecified atom stereocenters. The number of rotatable bonds is 3. The van der Waals surface area contributed by atoms with Crippen molar-refractivity contribution in [2.24, 2.45) is 23.5 Å². The van der Waals surface area contributed by atoms with Gasteiger partial charge in [0, 0.05) is 19.0 Å². The number of carbonyl (C=O) groups excluding carboxylic acids is 1. The number of aryl methyl sites for hydroxylation is 2. The minimum atomic E-state index is 0.118. The van der Waals surface area contributed by atoms with Crippen LogP contribution in [0, 0.1) is 31.6 Å². The van der Waals surface area contributed by atoms with Crippen molar-refractivity contribution < 1.29 is 4.79 Å². The van der Waals surface area contributed by atoms with Crippen LogP contribution in [0.25, 0.3) is 0 Å². The second kappa shape index (κ2) is 6.87. The molecule has 0 radical (unpaired) electrons. The average molecular weight is 329 g/mol. The minimum Gasteiger partial charge on any atom is -0.339 e. The molecule has 2 saturated carbocycles. The van der Waals surface area contributed by atoms with E-state index in [9.17, 15) is 4.79 Å². The van der Waals surface area contributed by atoms with Crippen LogP contribution >= 0.6 is 0 Å². The van der Waals surface area contributed by atoms with E-state index in [0.717, 1.165) is 12.8 Å². The fourth-order valence-corrected chi connectivity index (χ4v) is 4.89. The normalized spacial score (nSPS) is 30.7. The van der Waals surface area contributed by atoms with Crippen LogP contribution in [0.2, 0.25) is 0 Å². The Bertz CT molecular complexity index is 598. The molecule has 2 fully saturated rings. The lowest BCUT2D eigenvalue weighted by atomic mass is 9.65. The number of hydrogen-bond acceptors (Lipinski definition) is 2. The van der Waals surface area contributed by atoms with Gasteiger partial charge in [-0.05, 0) is 69.4 Å². The molecule has 0 spiro atoms. The Hall–Kier alpha value is -1.35. The zero-order valence-corrected chi connectivity index (χ0v) is 15.6. The van der Waals surface area contributed by atoms with Crippen LogP contribution in [0.15, 0.2) is 18.2 Å². The zero-order valence-electron chi connectivity index (χ0n) is 15.6. The third kappa shape index (κ3) is 3.23. The Morgan fingerprint density at radius 1 is 1.21 bits per heavy atom. The molecule has 3 atom stereocenters. The summed E-state index contributed by atoms with van der Waals surface area (Å²) in [6.45, 7) is 6.39. The number of hydrogen-bond donors (Lipinski definition) is 1. The Labute approximate surface area is 146 Å². The van der Waals surface area contributed by atoms with E-state index in [0.29, 0.717) is 23.8 Å². The smallest absolute Gasteiger partial charge is 0.225 e. The summed E-state index contributed by atoms with van der Waals surface area (Å²) in [7, 11) is 1.97. The minimum absolute atomic E-state index is 0.118. The molecule has 24 heavy (non-hydrogen) atoms. The standard InChI is InChI=1S/C21H32N2O/c1-13-8-9-14(2)19(10-13)15(3)23(4)21(24)18-11-16-6-5-7-17(12-18)20(16)22/h8-10,15-18,20H,5-7,11-12,22H2,1-4H3. The molecule has 0 heterocycles. The van der Waals surface area contributed by atoms with Crippen LogP contribution in [0.4, 0.5) is 0 Å². The Morgan fingerprint density at radius 3 is 2.46 bits per heavy atom. The fourth-order valence-electron chi connectivity index (χ4n) is 4.89. The van der Waals surface area contributed by atoms with Gasteiger partial charge in [0.2, 0.25) is 5.91 Å². The summed E-state index contributed by atoms with van der Waals surface area (Å²) in [6.07, 6.45) is 5.68. The van der Waals surface area contributed by atoms with Gasteiger partial charge in [-0.25, -0.2) is 0 Å². The number of nitrogens with zero attached hydrogens (tertiary/aromatic N) is 1. The molecule has 132 valence electrons. The maximum absolute atomic E-state index is 13.1. The lowest BCUT2D eigenvalue weighted by molar-refractivity contribution is -0.139. The molecule has 1 aromatic carbocycles. The monoisotopic (exact) mass is 328 g/mol. The van der Waals surface area contributed by atoms with Crippen LogP contribution in [0.5, 0.6) is 0 Å². The van der Waals surface area contributed by atoms with Crippen LogP contribution in [-0.2, 0) is 4.79 Å². The highest BCUT2D eigenvalue weighted by atomic mass is 16.2. The first kappa shape index (κ1) is 17.5. The molecular formula is C21H32N2O. The lowest BCUT2D eigenvalue weighted by Crippen LogP contribution is -2.49. The van der Waals surface area contributed by atoms with E-state index in [1.807, 2.05) is 11.9 Å². The van der Waals surface area contributed by atoms with Gasteiger partial charge in [0.25, 0.3) is 0 Å². The number of nitrogens with two attached hydrogens (primary N) is 1. The SMILES string of the molecule is Cc1ccc(C)c(C(C)N(C)C(=O)C2CC3CCCC(C2)C3N)c1. The van der Waals surface area contributed by atoms with Crippen molar-refractivity contribution in [1.29, 1.82) is 0 Å². The molecule has 2 bridgehead atoms. The first-order valence-corrected chi connectivity index (χ1v) is 9.48. The van der Waals surface area contributed by atoms with Gasteiger partial charge < -0.3 is 10.6 Å². The molecule has 0 saturated heterocycles. The van der Waals surface area contributed by atoms with Crippen molar-refractivity contribution >= 4 is 5.91 Å². The molecule has 2 aliphatic carbocycles. The molecule has 2 aliphatic rings. The van der Waals surface area contributed by atoms with Gasteiger partial charge in [-0.15, -0.1) is 0 Å². The van der Waals surface area contributed by atoms with E-state index in [1.165, 1.54) is 36.0 Å². The fraction of sp³-hybridized carbons (Fsp3) is 0.667. The summed E-state index contributed by atoms with van der Waals surface area (Å²) >= 11 is 0. The first-order chi connectivity index (χ1) is 11.4. The average Bonchev–Trinajstić information content (AvgIpc) is 2.55. The highest BCUT2D eigenvalue weighted by molar-refractivity contribution is 5.79. The van der Waals surface area contributed by atoms with Crippen LogP contribution in [0.3, 0.4) is 0 Å². The number of benzene rings is 1. The van der Waals surface area contributed by atoms with E-state index in [1.54, 1.807) is 0 Å². The van der Waals surface area contributed by atoms with Gasteiger partial charge in [-0.1, -0.05) is 30.2 Å². The van der Waals surface area contributed by atoms with Gasteiger partial charge in [0.15, 0.2) is 0 Å². The zero-order chi connectivity index (χ0) is 17.4. The summed E-state index contributed by atoms with van der Waals surface area (Å²) in [5.74, 6) is 1.58. The van der Waals surface area contributed by atoms with E-state index < -0.39 is 0 Å². The molecule has 3 heteroatoms. The summed E-state index contributed by atoms with van der Waals surface area (Å²) in [5.41, 5.74) is 10.2. The van der Waals surface area contributed by atoms with Crippen molar-refractivity contribution in [3.8, 4) is 0 Å². The van der Waals surface area contributed by atoms with Gasteiger partial charge >= 0.3 is 0 Å². The highest BCUT2D eigenvalue weighted by Gasteiger charge is 2.41. The molecule has 3 rings (SSSR count). The van der Waals surface area contributed by atoms with Crippen molar-refractivity contribution in [3.05, 3.63) is 34.9 Å².